The molecule has 1 atom stereocenters. The molecule has 1 heterocycles. The van der Waals surface area contributed by atoms with E-state index in [9.17, 15) is 26.7 Å². The molecule has 0 fully saturated rings. The Balaban J connectivity index is 2.24. The van der Waals surface area contributed by atoms with Crippen molar-refractivity contribution >= 4 is 17.8 Å². The Labute approximate surface area is 194 Å². The molecule has 2 rings (SSSR count). The molecule has 0 saturated heterocycles. The highest BCUT2D eigenvalue weighted by molar-refractivity contribution is 6.00. The Hall–Kier alpha value is -3.50. The van der Waals surface area contributed by atoms with Gasteiger partial charge in [-0.05, 0) is 38.1 Å². The second kappa shape index (κ2) is 11.6. The van der Waals surface area contributed by atoms with Gasteiger partial charge in [-0.2, -0.15) is 13.9 Å². The van der Waals surface area contributed by atoms with E-state index in [-0.39, 0.29) is 30.3 Å². The second-order valence-corrected chi connectivity index (χ2v) is 7.23. The number of hydrazone groups is 1. The molecule has 2 aromatic rings. The molecule has 0 N–H and O–H groups in total. The lowest BCUT2D eigenvalue weighted by molar-refractivity contribution is -0.0360. The van der Waals surface area contributed by atoms with E-state index in [1.165, 1.54) is 47.4 Å². The van der Waals surface area contributed by atoms with E-state index >= 15 is 0 Å². The van der Waals surface area contributed by atoms with Gasteiger partial charge in [-0.15, -0.1) is 0 Å². The van der Waals surface area contributed by atoms with E-state index in [1.807, 2.05) is 0 Å². The fraction of sp³-hybridized carbons (Fsp3) is 0.348. The number of carbonyl (C=O) groups is 1. The fourth-order valence-corrected chi connectivity index (χ4v) is 3.15. The quantitative estimate of drug-likeness (QED) is 0.257. The largest absolute Gasteiger partial charge is 0.475 e. The van der Waals surface area contributed by atoms with Gasteiger partial charge in [-0.1, -0.05) is 12.6 Å². The highest BCUT2D eigenvalue weighted by Crippen LogP contribution is 2.30. The topological polar surface area (TPSA) is 58.0 Å². The number of para-hydroxylation sites is 1. The lowest BCUT2D eigenvalue weighted by Gasteiger charge is -2.29. The lowest BCUT2D eigenvalue weighted by atomic mass is 10.1. The molecule has 0 bridgehead atoms. The number of benzene rings is 1. The molecule has 0 saturated carbocycles. The van der Waals surface area contributed by atoms with Crippen LogP contribution in [0.1, 0.15) is 29.9 Å². The molecular formula is C23H25F5N4O2. The maximum absolute atomic E-state index is 14.6. The van der Waals surface area contributed by atoms with E-state index in [2.05, 4.69) is 16.7 Å². The van der Waals surface area contributed by atoms with Crippen molar-refractivity contribution in [2.45, 2.75) is 25.8 Å². The molecule has 34 heavy (non-hydrogen) atoms. The zero-order valence-corrected chi connectivity index (χ0v) is 18.9. The minimum Gasteiger partial charge on any atom is -0.475 e. The normalized spacial score (nSPS) is 12.5. The van der Waals surface area contributed by atoms with E-state index in [0.29, 0.717) is 6.07 Å². The Morgan fingerprint density at radius 3 is 2.59 bits per heavy atom. The summed E-state index contributed by atoms with van der Waals surface area (Å²) < 4.78 is 73.4. The number of pyridine rings is 1. The van der Waals surface area contributed by atoms with Crippen molar-refractivity contribution < 1.29 is 31.5 Å². The average Bonchev–Trinajstić information content (AvgIpc) is 2.81. The molecule has 1 unspecified atom stereocenters. The minimum absolute atomic E-state index is 0.0437. The predicted molar refractivity (Wildman–Crippen MR) is 119 cm³/mol. The van der Waals surface area contributed by atoms with E-state index < -0.39 is 41.9 Å². The van der Waals surface area contributed by atoms with Crippen LogP contribution in [0.5, 0.6) is 5.88 Å². The summed E-state index contributed by atoms with van der Waals surface area (Å²) in [6.45, 7) is 4.72. The SMILES string of the molecule is C=C/C=N\N(C)c1c(F)cccc1C(=O)N(CC)C(C)COc1ccc(F)c(C(F)(F)CF)n1. The van der Waals surface area contributed by atoms with Gasteiger partial charge in [0.15, 0.2) is 18.2 Å². The first kappa shape index (κ1) is 26.7. The van der Waals surface area contributed by atoms with Gasteiger partial charge in [-0.3, -0.25) is 9.80 Å². The van der Waals surface area contributed by atoms with Crippen LogP contribution in [0.4, 0.5) is 27.6 Å². The van der Waals surface area contributed by atoms with Crippen LogP contribution >= 0.6 is 0 Å². The number of rotatable bonds is 11. The third kappa shape index (κ3) is 6.09. The standard InChI is InChI=1S/C23H25F5N4O2/c1-5-12-29-31(4)20-16(8-7-9-17(20)25)22(33)32(6-2)15(3)13-34-19-11-10-18(26)21(30-19)23(27,28)14-24/h5,7-12,15H,1,6,13-14H2,2-4H3/b29-12-. The molecule has 0 aliphatic rings. The van der Waals surface area contributed by atoms with Gasteiger partial charge in [0.1, 0.15) is 18.1 Å². The van der Waals surface area contributed by atoms with Gasteiger partial charge < -0.3 is 9.64 Å². The molecule has 0 aliphatic carbocycles. The van der Waals surface area contributed by atoms with Gasteiger partial charge in [0, 0.05) is 25.9 Å². The molecule has 0 radical (unpaired) electrons. The third-order valence-corrected chi connectivity index (χ3v) is 4.83. The van der Waals surface area contributed by atoms with Crippen LogP contribution in [-0.2, 0) is 5.92 Å². The molecule has 11 heteroatoms. The Kier molecular flexibility index (Phi) is 9.11. The van der Waals surface area contributed by atoms with Crippen molar-refractivity contribution in [2.24, 2.45) is 5.10 Å². The van der Waals surface area contributed by atoms with Crippen LogP contribution in [0.25, 0.3) is 0 Å². The van der Waals surface area contributed by atoms with Crippen LogP contribution < -0.4 is 9.75 Å². The number of alkyl halides is 3. The van der Waals surface area contributed by atoms with Crippen LogP contribution in [-0.4, -0.2) is 54.9 Å². The fourth-order valence-electron chi connectivity index (χ4n) is 3.15. The number of halogens is 5. The number of amides is 1. The summed E-state index contributed by atoms with van der Waals surface area (Å²) in [4.78, 5) is 18.0. The Bertz CT molecular complexity index is 1050. The average molecular weight is 484 g/mol. The first-order chi connectivity index (χ1) is 16.1. The van der Waals surface area contributed by atoms with Gasteiger partial charge >= 0.3 is 5.92 Å². The molecule has 0 spiro atoms. The number of anilines is 1. The van der Waals surface area contributed by atoms with Crippen molar-refractivity contribution in [2.75, 3.05) is 31.9 Å². The highest BCUT2D eigenvalue weighted by Gasteiger charge is 2.37. The van der Waals surface area contributed by atoms with Crippen molar-refractivity contribution in [1.29, 1.82) is 0 Å². The third-order valence-electron chi connectivity index (χ3n) is 4.83. The number of likely N-dealkylation sites (N-methyl/N-ethyl adjacent to an activating group) is 1. The number of carbonyl (C=O) groups excluding carboxylic acids is 1. The minimum atomic E-state index is -4.10. The molecular weight excluding hydrogens is 459 g/mol. The zero-order valence-electron chi connectivity index (χ0n) is 18.9. The zero-order chi connectivity index (χ0) is 25.5. The second-order valence-electron chi connectivity index (χ2n) is 7.23. The molecule has 1 aromatic carbocycles. The monoisotopic (exact) mass is 484 g/mol. The Morgan fingerprint density at radius 2 is 1.97 bits per heavy atom. The lowest BCUT2D eigenvalue weighted by Crippen LogP contribution is -2.42. The summed E-state index contributed by atoms with van der Waals surface area (Å²) in [5.74, 6) is -7.01. The van der Waals surface area contributed by atoms with Crippen molar-refractivity contribution in [1.82, 2.24) is 9.88 Å². The maximum Gasteiger partial charge on any atom is 0.320 e. The number of nitrogens with zero attached hydrogens (tertiary/aromatic N) is 4. The molecule has 0 aliphatic heterocycles. The summed E-state index contributed by atoms with van der Waals surface area (Å²) in [6, 6.07) is 5.14. The first-order valence-electron chi connectivity index (χ1n) is 10.3. The van der Waals surface area contributed by atoms with Crippen molar-refractivity contribution in [3.8, 4) is 5.88 Å². The maximum atomic E-state index is 14.6. The molecule has 184 valence electrons. The summed E-state index contributed by atoms with van der Waals surface area (Å²) in [7, 11) is 1.48. The van der Waals surface area contributed by atoms with Crippen molar-refractivity contribution in [3.05, 3.63) is 65.9 Å². The van der Waals surface area contributed by atoms with E-state index in [0.717, 1.165) is 6.07 Å². The van der Waals surface area contributed by atoms with Crippen LogP contribution in [0, 0.1) is 11.6 Å². The number of aromatic nitrogens is 1. The summed E-state index contributed by atoms with van der Waals surface area (Å²) in [5.41, 5.74) is -1.37. The van der Waals surface area contributed by atoms with Crippen LogP contribution in [0.15, 0.2) is 48.1 Å². The van der Waals surface area contributed by atoms with Gasteiger partial charge in [-0.25, -0.2) is 18.2 Å². The summed E-state index contributed by atoms with van der Waals surface area (Å²) in [5, 5.41) is 5.20. The van der Waals surface area contributed by atoms with Crippen LogP contribution in [0.3, 0.4) is 0 Å². The Morgan fingerprint density at radius 1 is 1.26 bits per heavy atom. The summed E-state index contributed by atoms with van der Waals surface area (Å²) in [6.07, 6.45) is 2.74. The molecule has 6 nitrogen and oxygen atoms in total. The molecule has 1 amide bonds. The highest BCUT2D eigenvalue weighted by atomic mass is 19.3. The number of ether oxygens (including phenoxy) is 1. The number of hydrogen-bond donors (Lipinski definition) is 0. The first-order valence-corrected chi connectivity index (χ1v) is 10.3. The van der Waals surface area contributed by atoms with Crippen LogP contribution in [0.2, 0.25) is 0 Å². The van der Waals surface area contributed by atoms with Crippen molar-refractivity contribution in [3.63, 3.8) is 0 Å². The van der Waals surface area contributed by atoms with Gasteiger partial charge in [0.05, 0.1) is 11.6 Å². The number of hydrogen-bond acceptors (Lipinski definition) is 5. The summed E-state index contributed by atoms with van der Waals surface area (Å²) >= 11 is 0. The van der Waals surface area contributed by atoms with Gasteiger partial charge in [0.2, 0.25) is 5.88 Å². The predicted octanol–water partition coefficient (Wildman–Crippen LogP) is 4.96. The number of allylic oxidation sites excluding steroid dienone is 1. The van der Waals surface area contributed by atoms with Gasteiger partial charge in [0.25, 0.3) is 5.91 Å². The van der Waals surface area contributed by atoms with E-state index in [4.69, 9.17) is 4.74 Å². The smallest absolute Gasteiger partial charge is 0.320 e. The molecule has 1 aromatic heterocycles. The van der Waals surface area contributed by atoms with E-state index in [1.54, 1.807) is 13.8 Å².